The molecule has 8 heteroatoms. The lowest BCUT2D eigenvalue weighted by atomic mass is 9.98. The second-order valence-corrected chi connectivity index (χ2v) is 9.52. The van der Waals surface area contributed by atoms with Gasteiger partial charge in [0.1, 0.15) is 18.0 Å². The van der Waals surface area contributed by atoms with Crippen molar-refractivity contribution in [2.24, 2.45) is 0 Å². The Kier molecular flexibility index (Phi) is 6.30. The van der Waals surface area contributed by atoms with Crippen LogP contribution in [-0.4, -0.2) is 52.2 Å². The number of carbonyl (C=O) groups is 2. The molecule has 2 atom stereocenters. The standard InChI is InChI=1S/C27H25NO6S/c1-2-33-24-13-16(11-12-23(24)29)25-28(22(15-35-25)26(30)31)27(32)34-14-21-19-9-5-3-7-17(19)18-8-4-6-10-20(18)21/h3-13,21-22,25,29H,2,14-15H2,1H3,(H,30,31). The monoisotopic (exact) mass is 491 g/mol. The molecule has 3 aromatic rings. The first-order valence-corrected chi connectivity index (χ1v) is 12.5. The maximum Gasteiger partial charge on any atom is 0.411 e. The van der Waals surface area contributed by atoms with Gasteiger partial charge in [-0.3, -0.25) is 4.90 Å². The van der Waals surface area contributed by atoms with Crippen molar-refractivity contribution in [2.75, 3.05) is 19.0 Å². The molecule has 180 valence electrons. The highest BCUT2D eigenvalue weighted by molar-refractivity contribution is 7.99. The van der Waals surface area contributed by atoms with E-state index in [1.807, 2.05) is 36.4 Å². The number of aromatic hydroxyl groups is 1. The summed E-state index contributed by atoms with van der Waals surface area (Å²) < 4.78 is 11.3. The fraction of sp³-hybridized carbons (Fsp3) is 0.259. The smallest absolute Gasteiger partial charge is 0.411 e. The molecule has 1 saturated heterocycles. The molecule has 0 bridgehead atoms. The molecule has 3 aromatic carbocycles. The summed E-state index contributed by atoms with van der Waals surface area (Å²) >= 11 is 1.34. The van der Waals surface area contributed by atoms with Crippen molar-refractivity contribution in [3.8, 4) is 22.6 Å². The van der Waals surface area contributed by atoms with Crippen LogP contribution in [0.5, 0.6) is 11.5 Å². The molecule has 0 saturated carbocycles. The lowest BCUT2D eigenvalue weighted by Crippen LogP contribution is -2.43. The summed E-state index contributed by atoms with van der Waals surface area (Å²) in [5.41, 5.74) is 5.07. The van der Waals surface area contributed by atoms with E-state index in [2.05, 4.69) is 12.1 Å². The second-order valence-electron chi connectivity index (χ2n) is 8.41. The fourth-order valence-corrected chi connectivity index (χ4v) is 6.20. The average molecular weight is 492 g/mol. The number of fused-ring (bicyclic) bond motifs is 3. The predicted octanol–water partition coefficient (Wildman–Crippen LogP) is 5.24. The van der Waals surface area contributed by atoms with Gasteiger partial charge in [-0.15, -0.1) is 11.8 Å². The van der Waals surface area contributed by atoms with Gasteiger partial charge in [-0.25, -0.2) is 9.59 Å². The van der Waals surface area contributed by atoms with Gasteiger partial charge in [-0.05, 0) is 46.9 Å². The number of carboxylic acids is 1. The number of hydrogen-bond donors (Lipinski definition) is 2. The minimum absolute atomic E-state index is 0.0129. The van der Waals surface area contributed by atoms with E-state index in [1.165, 1.54) is 22.7 Å². The van der Waals surface area contributed by atoms with Crippen LogP contribution < -0.4 is 4.74 Å². The molecule has 0 spiro atoms. The molecular weight excluding hydrogens is 466 g/mol. The molecule has 5 rings (SSSR count). The van der Waals surface area contributed by atoms with Gasteiger partial charge in [0.15, 0.2) is 11.5 Å². The first kappa shape index (κ1) is 23.1. The molecule has 2 N–H and O–H groups in total. The van der Waals surface area contributed by atoms with Crippen LogP contribution in [0.3, 0.4) is 0 Å². The van der Waals surface area contributed by atoms with Crippen molar-refractivity contribution in [2.45, 2.75) is 24.3 Å². The van der Waals surface area contributed by atoms with Gasteiger partial charge >= 0.3 is 12.1 Å². The zero-order valence-corrected chi connectivity index (χ0v) is 19.9. The predicted molar refractivity (Wildman–Crippen MR) is 133 cm³/mol. The molecule has 1 heterocycles. The normalized spacial score (nSPS) is 18.7. The molecule has 1 aliphatic heterocycles. The number of amides is 1. The largest absolute Gasteiger partial charge is 0.504 e. The number of carboxylic acid groups (broad SMARTS) is 1. The lowest BCUT2D eigenvalue weighted by Gasteiger charge is -2.28. The summed E-state index contributed by atoms with van der Waals surface area (Å²) in [6.07, 6.45) is -0.680. The first-order chi connectivity index (χ1) is 17.0. The maximum absolute atomic E-state index is 13.3. The number of phenolic OH excluding ortho intramolecular Hbond substituents is 1. The van der Waals surface area contributed by atoms with E-state index >= 15 is 0 Å². The van der Waals surface area contributed by atoms with E-state index in [9.17, 15) is 19.8 Å². The SMILES string of the molecule is CCOc1cc(C2SCC(C(=O)O)N2C(=O)OCC2c3ccccc3-c3ccccc32)ccc1O. The Morgan fingerprint density at radius 1 is 1.03 bits per heavy atom. The van der Waals surface area contributed by atoms with E-state index in [0.29, 0.717) is 12.2 Å². The van der Waals surface area contributed by atoms with E-state index in [0.717, 1.165) is 22.3 Å². The number of aliphatic carboxylic acids is 1. The van der Waals surface area contributed by atoms with Gasteiger partial charge in [0.05, 0.1) is 6.61 Å². The van der Waals surface area contributed by atoms with Gasteiger partial charge in [0.2, 0.25) is 0 Å². The number of carbonyl (C=O) groups excluding carboxylic acids is 1. The Hall–Kier alpha value is -3.65. The van der Waals surface area contributed by atoms with Crippen LogP contribution in [0.1, 0.15) is 34.9 Å². The number of benzene rings is 3. The number of phenols is 1. The average Bonchev–Trinajstić information content (AvgIpc) is 3.44. The molecule has 1 amide bonds. The minimum Gasteiger partial charge on any atom is -0.504 e. The second kappa shape index (κ2) is 9.54. The van der Waals surface area contributed by atoms with Crippen molar-refractivity contribution in [3.05, 3.63) is 83.4 Å². The lowest BCUT2D eigenvalue weighted by molar-refractivity contribution is -0.141. The molecule has 0 aromatic heterocycles. The summed E-state index contributed by atoms with van der Waals surface area (Å²) in [5.74, 6) is -0.702. The molecule has 7 nitrogen and oxygen atoms in total. The number of nitrogens with zero attached hydrogens (tertiary/aromatic N) is 1. The Bertz CT molecular complexity index is 1230. The van der Waals surface area contributed by atoms with Crippen LogP contribution >= 0.6 is 11.8 Å². The highest BCUT2D eigenvalue weighted by Gasteiger charge is 2.44. The van der Waals surface area contributed by atoms with Crippen LogP contribution in [0.4, 0.5) is 4.79 Å². The minimum atomic E-state index is -1.09. The van der Waals surface area contributed by atoms with Crippen LogP contribution in [0.15, 0.2) is 66.7 Å². The highest BCUT2D eigenvalue weighted by Crippen LogP contribution is 2.46. The van der Waals surface area contributed by atoms with E-state index in [1.54, 1.807) is 19.1 Å². The van der Waals surface area contributed by atoms with Crippen LogP contribution in [-0.2, 0) is 9.53 Å². The zero-order valence-electron chi connectivity index (χ0n) is 19.1. The molecule has 2 unspecified atom stereocenters. The number of ether oxygens (including phenoxy) is 2. The maximum atomic E-state index is 13.3. The van der Waals surface area contributed by atoms with Gasteiger partial charge in [0.25, 0.3) is 0 Å². The summed E-state index contributed by atoms with van der Waals surface area (Å²) in [6, 6.07) is 19.9. The fourth-order valence-electron chi connectivity index (χ4n) is 4.80. The number of thioether (sulfide) groups is 1. The summed E-state index contributed by atoms with van der Waals surface area (Å²) in [6.45, 7) is 2.27. The molecule has 2 aliphatic rings. The molecule has 35 heavy (non-hydrogen) atoms. The Balaban J connectivity index is 1.40. The van der Waals surface area contributed by atoms with Crippen LogP contribution in [0, 0.1) is 0 Å². The van der Waals surface area contributed by atoms with Gasteiger partial charge in [-0.1, -0.05) is 54.6 Å². The third-order valence-corrected chi connectivity index (χ3v) is 7.72. The van der Waals surface area contributed by atoms with Crippen molar-refractivity contribution < 1.29 is 29.3 Å². The van der Waals surface area contributed by atoms with E-state index in [-0.39, 0.29) is 29.8 Å². The van der Waals surface area contributed by atoms with Gasteiger partial charge in [-0.2, -0.15) is 0 Å². The van der Waals surface area contributed by atoms with Gasteiger partial charge < -0.3 is 19.7 Å². The summed E-state index contributed by atoms with van der Waals surface area (Å²) in [5, 5.41) is 19.3. The first-order valence-electron chi connectivity index (χ1n) is 11.4. The Labute approximate surface area is 207 Å². The zero-order chi connectivity index (χ0) is 24.5. The topological polar surface area (TPSA) is 96.3 Å². The number of rotatable bonds is 6. The highest BCUT2D eigenvalue weighted by atomic mass is 32.2. The van der Waals surface area contributed by atoms with Crippen molar-refractivity contribution in [3.63, 3.8) is 0 Å². The Morgan fingerprint density at radius 3 is 2.31 bits per heavy atom. The van der Waals surface area contributed by atoms with E-state index < -0.39 is 23.5 Å². The molecule has 1 aliphatic carbocycles. The summed E-state index contributed by atoms with van der Waals surface area (Å²) in [7, 11) is 0. The third-order valence-electron chi connectivity index (χ3n) is 6.40. The molecular formula is C27H25NO6S. The third kappa shape index (κ3) is 4.18. The van der Waals surface area contributed by atoms with Crippen LogP contribution in [0.2, 0.25) is 0 Å². The number of hydrogen-bond acceptors (Lipinski definition) is 6. The van der Waals surface area contributed by atoms with Crippen molar-refractivity contribution >= 4 is 23.8 Å². The Morgan fingerprint density at radius 2 is 1.69 bits per heavy atom. The van der Waals surface area contributed by atoms with E-state index in [4.69, 9.17) is 9.47 Å². The van der Waals surface area contributed by atoms with Crippen molar-refractivity contribution in [1.82, 2.24) is 4.90 Å². The van der Waals surface area contributed by atoms with Gasteiger partial charge in [0, 0.05) is 11.7 Å². The quantitative estimate of drug-likeness (QED) is 0.487. The van der Waals surface area contributed by atoms with Crippen LogP contribution in [0.25, 0.3) is 11.1 Å². The van der Waals surface area contributed by atoms with Crippen molar-refractivity contribution in [1.29, 1.82) is 0 Å². The summed E-state index contributed by atoms with van der Waals surface area (Å²) in [4.78, 5) is 26.6. The molecule has 0 radical (unpaired) electrons. The molecule has 1 fully saturated rings.